The quantitative estimate of drug-likeness (QED) is 0.425. The average Bonchev–Trinajstić information content (AvgIpc) is 2.88. The molecule has 1 fully saturated rings. The van der Waals surface area contributed by atoms with Crippen LogP contribution in [0, 0.1) is 5.92 Å². The molecular formula is C13H23N3O5. The largest absolute Gasteiger partial charge is 0.480 e. The minimum atomic E-state index is -1.18. The molecule has 1 heterocycles. The van der Waals surface area contributed by atoms with Crippen molar-refractivity contribution < 1.29 is 24.2 Å². The minimum Gasteiger partial charge on any atom is -0.480 e. The Morgan fingerprint density at radius 3 is 2.67 bits per heavy atom. The molecule has 1 aliphatic rings. The number of hydrogen-bond acceptors (Lipinski definition) is 5. The monoisotopic (exact) mass is 301 g/mol. The van der Waals surface area contributed by atoms with Gasteiger partial charge in [-0.2, -0.15) is 0 Å². The van der Waals surface area contributed by atoms with Gasteiger partial charge in [0, 0.05) is 12.5 Å². The highest BCUT2D eigenvalue weighted by Crippen LogP contribution is 2.14. The van der Waals surface area contributed by atoms with Gasteiger partial charge in [0.25, 0.3) is 0 Å². The first kappa shape index (κ1) is 17.4. The topological polar surface area (TPSA) is 131 Å². The Morgan fingerprint density at radius 1 is 1.38 bits per heavy atom. The van der Waals surface area contributed by atoms with E-state index in [1.54, 1.807) is 0 Å². The van der Waals surface area contributed by atoms with Crippen molar-refractivity contribution in [2.24, 2.45) is 11.7 Å². The Balaban J connectivity index is 2.55. The van der Waals surface area contributed by atoms with Gasteiger partial charge in [-0.25, -0.2) is 4.79 Å². The number of rotatable bonds is 9. The predicted molar refractivity (Wildman–Crippen MR) is 74.4 cm³/mol. The molecule has 0 aromatic rings. The maximum Gasteiger partial charge on any atom is 0.326 e. The van der Waals surface area contributed by atoms with E-state index >= 15 is 0 Å². The highest BCUT2D eigenvalue weighted by molar-refractivity contribution is 5.86. The Morgan fingerprint density at radius 2 is 2.10 bits per heavy atom. The molecule has 2 unspecified atom stereocenters. The first-order valence-corrected chi connectivity index (χ1v) is 7.08. The molecule has 5 N–H and O–H groups in total. The molecule has 1 aliphatic heterocycles. The lowest BCUT2D eigenvalue weighted by molar-refractivity contribution is -0.143. The number of carbonyl (C=O) groups excluding carboxylic acids is 2. The molecule has 8 heteroatoms. The third-order valence-electron chi connectivity index (χ3n) is 3.37. The van der Waals surface area contributed by atoms with Crippen molar-refractivity contribution >= 4 is 17.8 Å². The first-order valence-electron chi connectivity index (χ1n) is 7.08. The molecule has 1 rings (SSSR count). The van der Waals surface area contributed by atoms with Crippen molar-refractivity contribution in [3.05, 3.63) is 0 Å². The summed E-state index contributed by atoms with van der Waals surface area (Å²) in [6, 6.07) is -1.23. The zero-order valence-corrected chi connectivity index (χ0v) is 12.1. The third kappa shape index (κ3) is 5.68. The number of carboxylic acids is 1. The SMILES string of the molecule is CCCNC1COCC1C(=O)N[C@H](CCC(N)=O)C(=O)O. The van der Waals surface area contributed by atoms with E-state index in [9.17, 15) is 14.4 Å². The summed E-state index contributed by atoms with van der Waals surface area (Å²) in [6.07, 6.45) is 0.828. The standard InChI is InChI=1S/C13H23N3O5/c1-2-5-15-10-7-21-6-8(10)12(18)16-9(13(19)20)3-4-11(14)17/h8-10,15H,2-7H2,1H3,(H2,14,17)(H,16,18)(H,19,20)/t8?,9-,10?/m1/s1. The lowest BCUT2D eigenvalue weighted by Gasteiger charge is -2.21. The molecule has 0 saturated carbocycles. The van der Waals surface area contributed by atoms with Gasteiger partial charge in [0.2, 0.25) is 11.8 Å². The predicted octanol–water partition coefficient (Wildman–Crippen LogP) is -1.16. The Kier molecular flexibility index (Phi) is 7.10. The number of hydrogen-bond donors (Lipinski definition) is 4. The molecule has 3 atom stereocenters. The second-order valence-corrected chi connectivity index (χ2v) is 5.11. The normalized spacial score (nSPS) is 22.7. The van der Waals surface area contributed by atoms with Crippen molar-refractivity contribution in [1.29, 1.82) is 0 Å². The van der Waals surface area contributed by atoms with Crippen LogP contribution in [0.5, 0.6) is 0 Å². The molecule has 0 aromatic heterocycles. The van der Waals surface area contributed by atoms with Gasteiger partial charge in [0.1, 0.15) is 6.04 Å². The van der Waals surface area contributed by atoms with Gasteiger partial charge in [-0.05, 0) is 19.4 Å². The molecule has 0 bridgehead atoms. The van der Waals surface area contributed by atoms with Gasteiger partial charge in [-0.1, -0.05) is 6.92 Å². The summed E-state index contributed by atoms with van der Waals surface area (Å²) in [5.41, 5.74) is 5.00. The van der Waals surface area contributed by atoms with Crippen molar-refractivity contribution in [3.8, 4) is 0 Å². The van der Waals surface area contributed by atoms with Gasteiger partial charge in [0.05, 0.1) is 19.1 Å². The number of carbonyl (C=O) groups is 3. The summed E-state index contributed by atoms with van der Waals surface area (Å²) in [5, 5.41) is 14.7. The smallest absolute Gasteiger partial charge is 0.326 e. The van der Waals surface area contributed by atoms with Crippen LogP contribution >= 0.6 is 0 Å². The van der Waals surface area contributed by atoms with Crippen LogP contribution in [0.4, 0.5) is 0 Å². The zero-order chi connectivity index (χ0) is 15.8. The fourth-order valence-electron chi connectivity index (χ4n) is 2.17. The highest BCUT2D eigenvalue weighted by atomic mass is 16.5. The molecular weight excluding hydrogens is 278 g/mol. The summed E-state index contributed by atoms with van der Waals surface area (Å²) in [4.78, 5) is 34.0. The van der Waals surface area contributed by atoms with Crippen molar-refractivity contribution in [2.75, 3.05) is 19.8 Å². The van der Waals surface area contributed by atoms with Crippen LogP contribution in [0.3, 0.4) is 0 Å². The molecule has 0 spiro atoms. The van der Waals surface area contributed by atoms with Crippen LogP contribution in [0.1, 0.15) is 26.2 Å². The van der Waals surface area contributed by atoms with E-state index in [1.165, 1.54) is 0 Å². The molecule has 120 valence electrons. The second kappa shape index (κ2) is 8.58. The van der Waals surface area contributed by atoms with E-state index in [0.29, 0.717) is 6.61 Å². The van der Waals surface area contributed by atoms with E-state index in [0.717, 1.165) is 13.0 Å². The summed E-state index contributed by atoms with van der Waals surface area (Å²) < 4.78 is 5.28. The van der Waals surface area contributed by atoms with Gasteiger partial charge >= 0.3 is 5.97 Å². The number of ether oxygens (including phenoxy) is 1. The van der Waals surface area contributed by atoms with Crippen molar-refractivity contribution in [1.82, 2.24) is 10.6 Å². The summed E-state index contributed by atoms with van der Waals surface area (Å²) in [7, 11) is 0. The van der Waals surface area contributed by atoms with E-state index in [1.807, 2.05) is 6.92 Å². The summed E-state index contributed by atoms with van der Waals surface area (Å²) >= 11 is 0. The minimum absolute atomic E-state index is 0.0168. The maximum atomic E-state index is 12.2. The number of amides is 2. The van der Waals surface area contributed by atoms with E-state index in [-0.39, 0.29) is 31.4 Å². The third-order valence-corrected chi connectivity index (χ3v) is 3.37. The highest BCUT2D eigenvalue weighted by Gasteiger charge is 2.35. The van der Waals surface area contributed by atoms with Crippen LogP contribution in [-0.4, -0.2) is 54.7 Å². The van der Waals surface area contributed by atoms with Gasteiger partial charge in [-0.3, -0.25) is 9.59 Å². The fraction of sp³-hybridized carbons (Fsp3) is 0.769. The van der Waals surface area contributed by atoms with Crippen molar-refractivity contribution in [3.63, 3.8) is 0 Å². The van der Waals surface area contributed by atoms with E-state index < -0.39 is 23.8 Å². The number of carboxylic acid groups (broad SMARTS) is 1. The zero-order valence-electron chi connectivity index (χ0n) is 12.1. The number of nitrogens with one attached hydrogen (secondary N) is 2. The van der Waals surface area contributed by atoms with E-state index in [4.69, 9.17) is 15.6 Å². The van der Waals surface area contributed by atoms with E-state index in [2.05, 4.69) is 10.6 Å². The van der Waals surface area contributed by atoms with Gasteiger partial charge in [-0.15, -0.1) is 0 Å². The Bertz CT molecular complexity index is 388. The van der Waals surface area contributed by atoms with Crippen LogP contribution in [0.2, 0.25) is 0 Å². The van der Waals surface area contributed by atoms with Crippen LogP contribution < -0.4 is 16.4 Å². The number of primary amides is 1. The summed E-state index contributed by atoms with van der Waals surface area (Å²) in [5.74, 6) is -2.58. The molecule has 1 saturated heterocycles. The molecule has 2 amide bonds. The summed E-state index contributed by atoms with van der Waals surface area (Å²) in [6.45, 7) is 3.47. The lowest BCUT2D eigenvalue weighted by atomic mass is 10.0. The fourth-order valence-corrected chi connectivity index (χ4v) is 2.17. The lowest BCUT2D eigenvalue weighted by Crippen LogP contribution is -2.49. The Labute approximate surface area is 123 Å². The molecule has 8 nitrogen and oxygen atoms in total. The molecule has 0 radical (unpaired) electrons. The number of nitrogens with two attached hydrogens (primary N) is 1. The van der Waals surface area contributed by atoms with Crippen molar-refractivity contribution in [2.45, 2.75) is 38.3 Å². The molecule has 21 heavy (non-hydrogen) atoms. The average molecular weight is 301 g/mol. The van der Waals surface area contributed by atoms with Crippen LogP contribution in [0.15, 0.2) is 0 Å². The number of aliphatic carboxylic acids is 1. The maximum absolute atomic E-state index is 12.2. The second-order valence-electron chi connectivity index (χ2n) is 5.11. The molecule has 0 aromatic carbocycles. The Hall–Kier alpha value is -1.67. The van der Waals surface area contributed by atoms with Crippen LogP contribution in [0.25, 0.3) is 0 Å². The molecule has 0 aliphatic carbocycles. The van der Waals surface area contributed by atoms with Gasteiger partial charge in [0.15, 0.2) is 0 Å². The van der Waals surface area contributed by atoms with Gasteiger partial charge < -0.3 is 26.2 Å². The van der Waals surface area contributed by atoms with Crippen LogP contribution in [-0.2, 0) is 19.1 Å². The first-order chi connectivity index (χ1) is 9.95.